The van der Waals surface area contributed by atoms with E-state index in [-0.39, 0.29) is 36.0 Å². The number of hydrogen-bond donors (Lipinski definition) is 4. The Bertz CT molecular complexity index is 749. The molecule has 4 N–H and O–H groups in total. The van der Waals surface area contributed by atoms with Crippen LogP contribution in [-0.2, 0) is 17.9 Å². The summed E-state index contributed by atoms with van der Waals surface area (Å²) in [5, 5.41) is 12.1. The van der Waals surface area contributed by atoms with Crippen molar-refractivity contribution in [2.45, 2.75) is 39.5 Å². The second-order valence-corrected chi connectivity index (χ2v) is 6.79. The molecule has 0 saturated heterocycles. The molecule has 0 saturated carbocycles. The first-order valence-corrected chi connectivity index (χ1v) is 9.78. The Balaban J connectivity index is 0.00000450. The van der Waals surface area contributed by atoms with Crippen LogP contribution >= 0.6 is 24.0 Å². The van der Waals surface area contributed by atoms with E-state index in [0.29, 0.717) is 19.8 Å². The number of nitrogens with zero attached hydrogens (tertiary/aromatic N) is 1. The minimum absolute atomic E-state index is 0. The summed E-state index contributed by atoms with van der Waals surface area (Å²) in [5.41, 5.74) is 1.84. The number of aliphatic imine (C=N–C) groups is 1. The molecule has 166 valence electrons. The summed E-state index contributed by atoms with van der Waals surface area (Å²) >= 11 is 0. The van der Waals surface area contributed by atoms with Gasteiger partial charge in [-0.3, -0.25) is 4.99 Å². The van der Waals surface area contributed by atoms with Crippen molar-refractivity contribution in [3.8, 4) is 0 Å². The van der Waals surface area contributed by atoms with Gasteiger partial charge >= 0.3 is 6.03 Å². The van der Waals surface area contributed by atoms with Crippen LogP contribution in [-0.4, -0.2) is 38.2 Å². The van der Waals surface area contributed by atoms with Crippen LogP contribution in [0.4, 0.5) is 10.5 Å². The number of furan rings is 1. The number of halogens is 1. The van der Waals surface area contributed by atoms with Gasteiger partial charge in [-0.15, -0.1) is 24.0 Å². The lowest BCUT2D eigenvalue weighted by molar-refractivity contribution is 0.105. The first-order chi connectivity index (χ1) is 14.1. The van der Waals surface area contributed by atoms with Crippen LogP contribution < -0.4 is 21.3 Å². The molecule has 9 heteroatoms. The van der Waals surface area contributed by atoms with Gasteiger partial charge < -0.3 is 30.4 Å². The number of rotatable bonds is 10. The molecule has 2 rings (SSSR count). The van der Waals surface area contributed by atoms with E-state index in [2.05, 4.69) is 26.3 Å². The van der Waals surface area contributed by atoms with Crippen molar-refractivity contribution in [2.75, 3.05) is 25.5 Å². The largest absolute Gasteiger partial charge is 0.467 e. The molecule has 0 aliphatic heterocycles. The Hall–Kier alpha value is -2.27. The van der Waals surface area contributed by atoms with Crippen LogP contribution in [0, 0.1) is 0 Å². The Morgan fingerprint density at radius 3 is 2.57 bits per heavy atom. The molecule has 8 nitrogen and oxygen atoms in total. The normalized spacial score (nSPS) is 11.0. The number of guanidine groups is 1. The van der Waals surface area contributed by atoms with Crippen LogP contribution in [0.2, 0.25) is 0 Å². The van der Waals surface area contributed by atoms with Gasteiger partial charge in [-0.05, 0) is 50.1 Å². The van der Waals surface area contributed by atoms with Crippen LogP contribution in [0.25, 0.3) is 0 Å². The highest BCUT2D eigenvalue weighted by molar-refractivity contribution is 14.0. The molecule has 0 atom stereocenters. The molecular weight excluding hydrogens is 497 g/mol. The molecule has 1 aromatic carbocycles. The zero-order valence-electron chi connectivity index (χ0n) is 17.7. The Labute approximate surface area is 195 Å². The highest BCUT2D eigenvalue weighted by Gasteiger charge is 2.04. The standard InChI is InChI=1S/C21H31N5O3.HI/c1-16(2)25-21(27)26-18-9-7-17(8-10-18)14-24-20(22-3)23-11-5-12-28-15-19-6-4-13-29-19;/h4,6-10,13,16H,5,11-12,14-15H2,1-3H3,(H2,22,23,24)(H2,25,26,27);1H. The van der Waals surface area contributed by atoms with Gasteiger partial charge in [0.05, 0.1) is 6.26 Å². The number of carbonyl (C=O) groups excluding carboxylic acids is 1. The van der Waals surface area contributed by atoms with E-state index in [1.54, 1.807) is 13.3 Å². The van der Waals surface area contributed by atoms with Gasteiger partial charge in [0.2, 0.25) is 0 Å². The SMILES string of the molecule is CN=C(NCCCOCc1ccco1)NCc1ccc(NC(=O)NC(C)C)cc1.I. The lowest BCUT2D eigenvalue weighted by Crippen LogP contribution is -2.37. The molecule has 2 amide bonds. The Morgan fingerprint density at radius 2 is 1.93 bits per heavy atom. The van der Waals surface area contributed by atoms with Crippen molar-refractivity contribution in [2.24, 2.45) is 4.99 Å². The smallest absolute Gasteiger partial charge is 0.319 e. The number of urea groups is 1. The lowest BCUT2D eigenvalue weighted by atomic mass is 10.2. The quantitative estimate of drug-likeness (QED) is 0.163. The summed E-state index contributed by atoms with van der Waals surface area (Å²) in [7, 11) is 1.74. The Morgan fingerprint density at radius 1 is 1.17 bits per heavy atom. The van der Waals surface area contributed by atoms with Gasteiger partial charge in [0.15, 0.2) is 5.96 Å². The van der Waals surface area contributed by atoms with Crippen LogP contribution in [0.5, 0.6) is 0 Å². The van der Waals surface area contributed by atoms with Crippen molar-refractivity contribution < 1.29 is 13.9 Å². The van der Waals surface area contributed by atoms with E-state index in [0.717, 1.165) is 35.9 Å². The summed E-state index contributed by atoms with van der Waals surface area (Å²) < 4.78 is 10.8. The summed E-state index contributed by atoms with van der Waals surface area (Å²) in [6, 6.07) is 11.3. The minimum atomic E-state index is -0.205. The molecule has 0 aliphatic rings. The van der Waals surface area contributed by atoms with Crippen LogP contribution in [0.1, 0.15) is 31.6 Å². The third-order valence-corrected chi connectivity index (χ3v) is 3.90. The van der Waals surface area contributed by atoms with Crippen molar-refractivity contribution >= 4 is 41.7 Å². The van der Waals surface area contributed by atoms with Crippen molar-refractivity contribution in [3.05, 3.63) is 54.0 Å². The van der Waals surface area contributed by atoms with Gasteiger partial charge in [-0.1, -0.05) is 12.1 Å². The predicted molar refractivity (Wildman–Crippen MR) is 130 cm³/mol. The van der Waals surface area contributed by atoms with Crippen molar-refractivity contribution in [1.29, 1.82) is 0 Å². The number of ether oxygens (including phenoxy) is 1. The summed E-state index contributed by atoms with van der Waals surface area (Å²) in [5.74, 6) is 1.56. The zero-order chi connectivity index (χ0) is 20.9. The molecule has 0 unspecified atom stereocenters. The van der Waals surface area contributed by atoms with Gasteiger partial charge in [-0.2, -0.15) is 0 Å². The van der Waals surface area contributed by atoms with Crippen molar-refractivity contribution in [3.63, 3.8) is 0 Å². The maximum Gasteiger partial charge on any atom is 0.319 e. The molecule has 0 fully saturated rings. The van der Waals surface area contributed by atoms with Crippen LogP contribution in [0.15, 0.2) is 52.1 Å². The number of anilines is 1. The molecule has 0 bridgehead atoms. The van der Waals surface area contributed by atoms with Crippen LogP contribution in [0.3, 0.4) is 0 Å². The highest BCUT2D eigenvalue weighted by atomic mass is 127. The number of benzene rings is 1. The molecule has 0 spiro atoms. The first kappa shape index (κ1) is 25.8. The van der Waals surface area contributed by atoms with Gasteiger partial charge in [0, 0.05) is 38.5 Å². The summed E-state index contributed by atoms with van der Waals surface area (Å²) in [6.45, 7) is 6.36. The van der Waals surface area contributed by atoms with E-state index >= 15 is 0 Å². The molecule has 1 aromatic heterocycles. The summed E-state index contributed by atoms with van der Waals surface area (Å²) in [4.78, 5) is 15.9. The van der Waals surface area contributed by atoms with E-state index in [4.69, 9.17) is 9.15 Å². The van der Waals surface area contributed by atoms with Crippen molar-refractivity contribution in [1.82, 2.24) is 16.0 Å². The average Bonchev–Trinajstić information content (AvgIpc) is 3.21. The average molecular weight is 529 g/mol. The lowest BCUT2D eigenvalue weighted by Gasteiger charge is -2.13. The minimum Gasteiger partial charge on any atom is -0.467 e. The third kappa shape index (κ3) is 10.5. The van der Waals surface area contributed by atoms with E-state index in [1.165, 1.54) is 0 Å². The maximum atomic E-state index is 11.7. The third-order valence-electron chi connectivity index (χ3n) is 3.90. The Kier molecular flexibility index (Phi) is 12.6. The molecule has 0 aliphatic carbocycles. The first-order valence-electron chi connectivity index (χ1n) is 9.78. The number of carbonyl (C=O) groups is 1. The predicted octanol–water partition coefficient (Wildman–Crippen LogP) is 3.70. The van der Waals surface area contributed by atoms with Gasteiger partial charge in [-0.25, -0.2) is 4.79 Å². The second kappa shape index (κ2) is 14.7. The molecule has 1 heterocycles. The van der Waals surface area contributed by atoms with Gasteiger partial charge in [0.25, 0.3) is 0 Å². The fourth-order valence-corrected chi connectivity index (χ4v) is 2.49. The van der Waals surface area contributed by atoms with E-state index < -0.39 is 0 Å². The molecule has 2 aromatic rings. The van der Waals surface area contributed by atoms with E-state index in [9.17, 15) is 4.79 Å². The number of nitrogens with one attached hydrogen (secondary N) is 4. The number of amides is 2. The molecule has 30 heavy (non-hydrogen) atoms. The maximum absolute atomic E-state index is 11.7. The summed E-state index contributed by atoms with van der Waals surface area (Å²) in [6.07, 6.45) is 2.50. The van der Waals surface area contributed by atoms with E-state index in [1.807, 2.05) is 50.2 Å². The molecular formula is C21H32IN5O3. The second-order valence-electron chi connectivity index (χ2n) is 6.79. The fraction of sp³-hybridized carbons (Fsp3) is 0.429. The monoisotopic (exact) mass is 529 g/mol. The fourth-order valence-electron chi connectivity index (χ4n) is 2.49. The highest BCUT2D eigenvalue weighted by Crippen LogP contribution is 2.09. The number of hydrogen-bond acceptors (Lipinski definition) is 4. The zero-order valence-corrected chi connectivity index (χ0v) is 20.1. The topological polar surface area (TPSA) is 99.9 Å². The van der Waals surface area contributed by atoms with Gasteiger partial charge in [0.1, 0.15) is 12.4 Å². The molecule has 0 radical (unpaired) electrons.